The van der Waals surface area contributed by atoms with Crippen LogP contribution in [0.1, 0.15) is 27.9 Å². The van der Waals surface area contributed by atoms with Gasteiger partial charge in [0.05, 0.1) is 62.8 Å². The number of allylic oxidation sites excluding steroid dienone is 3. The summed E-state index contributed by atoms with van der Waals surface area (Å²) in [6.45, 7) is 0. The lowest BCUT2D eigenvalue weighted by Gasteiger charge is -2.17. The second kappa shape index (κ2) is 11.9. The molecular weight excluding hydrogens is 623 g/mol. The summed E-state index contributed by atoms with van der Waals surface area (Å²) in [5.74, 6) is 0. The van der Waals surface area contributed by atoms with Gasteiger partial charge in [0, 0.05) is 38.5 Å². The fraction of sp³-hybridized carbons (Fsp3) is 0.0217. The highest BCUT2D eigenvalue weighted by molar-refractivity contribution is 6.10. The van der Waals surface area contributed by atoms with Crippen molar-refractivity contribution in [3.05, 3.63) is 174 Å². The third kappa shape index (κ3) is 4.67. The Morgan fingerprint density at radius 2 is 1.20 bits per heavy atom. The zero-order valence-electron chi connectivity index (χ0n) is 27.4. The molecule has 0 amide bonds. The second-order valence-electron chi connectivity index (χ2n) is 12.6. The minimum absolute atomic E-state index is 0.492. The van der Waals surface area contributed by atoms with Gasteiger partial charge < -0.3 is 9.13 Å². The highest BCUT2D eigenvalue weighted by Crippen LogP contribution is 2.40. The van der Waals surface area contributed by atoms with E-state index in [9.17, 15) is 15.8 Å². The van der Waals surface area contributed by atoms with Gasteiger partial charge in [-0.25, -0.2) is 0 Å². The van der Waals surface area contributed by atoms with Crippen molar-refractivity contribution in [3.63, 3.8) is 0 Å². The maximum absolute atomic E-state index is 10.4. The van der Waals surface area contributed by atoms with Crippen LogP contribution in [0, 0.1) is 34.0 Å². The largest absolute Gasteiger partial charge is 0.310 e. The number of para-hydroxylation sites is 3. The molecule has 0 N–H and O–H groups in total. The number of nitriles is 3. The van der Waals surface area contributed by atoms with Crippen molar-refractivity contribution in [2.45, 2.75) is 6.42 Å². The maximum Gasteiger partial charge on any atom is 0.0998 e. The zero-order chi connectivity index (χ0) is 34.5. The predicted molar refractivity (Wildman–Crippen MR) is 205 cm³/mol. The fourth-order valence-corrected chi connectivity index (χ4v) is 7.64. The van der Waals surface area contributed by atoms with Crippen LogP contribution in [0.2, 0.25) is 0 Å². The molecule has 0 radical (unpaired) electrons. The first kappa shape index (κ1) is 29.7. The summed E-state index contributed by atoms with van der Waals surface area (Å²) in [7, 11) is 0. The van der Waals surface area contributed by atoms with Crippen molar-refractivity contribution >= 4 is 38.8 Å². The molecule has 8 aromatic rings. The molecule has 1 aliphatic carbocycles. The average molecular weight is 650 g/mol. The Morgan fingerprint density at radius 1 is 0.510 bits per heavy atom. The predicted octanol–water partition coefficient (Wildman–Crippen LogP) is 10.8. The summed E-state index contributed by atoms with van der Waals surface area (Å²) in [5.41, 5.74) is 12.3. The van der Waals surface area contributed by atoms with Crippen molar-refractivity contribution in [2.24, 2.45) is 0 Å². The SMILES string of the molecule is N#Cc1ccc2c(c1)c1ccccc1n2-c1ccccc1-c1ccc(C#N)c(-c2cc(-n3c4c(c5ccccc53)CC=CC=C4)ccc2C#N)c1. The molecule has 0 atom stereocenters. The molecule has 2 aromatic heterocycles. The van der Waals surface area contributed by atoms with E-state index in [1.54, 1.807) is 0 Å². The van der Waals surface area contributed by atoms with Crippen molar-refractivity contribution in [1.29, 1.82) is 15.8 Å². The fourth-order valence-electron chi connectivity index (χ4n) is 7.64. The van der Waals surface area contributed by atoms with E-state index in [2.05, 4.69) is 100 Å². The van der Waals surface area contributed by atoms with Crippen LogP contribution < -0.4 is 0 Å². The lowest BCUT2D eigenvalue weighted by atomic mass is 9.91. The van der Waals surface area contributed by atoms with E-state index in [4.69, 9.17) is 0 Å². The van der Waals surface area contributed by atoms with Crippen LogP contribution in [0.3, 0.4) is 0 Å². The molecule has 1 aliphatic rings. The molecule has 5 heteroatoms. The van der Waals surface area contributed by atoms with Gasteiger partial charge in [-0.05, 0) is 90.4 Å². The van der Waals surface area contributed by atoms with E-state index in [1.807, 2.05) is 78.9 Å². The first-order valence-corrected chi connectivity index (χ1v) is 16.8. The topological polar surface area (TPSA) is 81.2 Å². The minimum atomic E-state index is 0.492. The van der Waals surface area contributed by atoms with Gasteiger partial charge in [-0.3, -0.25) is 0 Å². The molecule has 0 aliphatic heterocycles. The summed E-state index contributed by atoms with van der Waals surface area (Å²) in [4.78, 5) is 0. The summed E-state index contributed by atoms with van der Waals surface area (Å²) in [6, 6.07) is 49.6. The van der Waals surface area contributed by atoms with Gasteiger partial charge in [-0.1, -0.05) is 78.9 Å². The molecule has 6 aromatic carbocycles. The Bertz CT molecular complexity index is 2930. The molecule has 0 saturated carbocycles. The summed E-state index contributed by atoms with van der Waals surface area (Å²) >= 11 is 0. The summed E-state index contributed by atoms with van der Waals surface area (Å²) in [5, 5.41) is 33.7. The van der Waals surface area contributed by atoms with Gasteiger partial charge in [0.15, 0.2) is 0 Å². The Balaban J connectivity index is 1.26. The lowest BCUT2D eigenvalue weighted by molar-refractivity contribution is 1.09. The molecule has 51 heavy (non-hydrogen) atoms. The summed E-state index contributed by atoms with van der Waals surface area (Å²) in [6.07, 6.45) is 9.29. The molecule has 0 unspecified atom stereocenters. The van der Waals surface area contributed by atoms with Crippen LogP contribution >= 0.6 is 0 Å². The van der Waals surface area contributed by atoms with E-state index in [0.717, 1.165) is 61.9 Å². The normalized spacial score (nSPS) is 12.0. The van der Waals surface area contributed by atoms with Crippen LogP contribution in [0.25, 0.3) is 72.4 Å². The molecule has 2 heterocycles. The highest BCUT2D eigenvalue weighted by Gasteiger charge is 2.21. The Labute approximate surface area is 294 Å². The Kier molecular flexibility index (Phi) is 6.96. The monoisotopic (exact) mass is 649 g/mol. The lowest BCUT2D eigenvalue weighted by Crippen LogP contribution is -2.00. The van der Waals surface area contributed by atoms with Gasteiger partial charge >= 0.3 is 0 Å². The van der Waals surface area contributed by atoms with Gasteiger partial charge in [-0.15, -0.1) is 0 Å². The highest BCUT2D eigenvalue weighted by atomic mass is 15.0. The quantitative estimate of drug-likeness (QED) is 0.190. The first-order valence-electron chi connectivity index (χ1n) is 16.8. The van der Waals surface area contributed by atoms with E-state index in [0.29, 0.717) is 27.8 Å². The number of fused-ring (bicyclic) bond motifs is 6. The third-order valence-electron chi connectivity index (χ3n) is 9.91. The Morgan fingerprint density at radius 3 is 2.00 bits per heavy atom. The molecule has 0 fully saturated rings. The average Bonchev–Trinajstić information content (AvgIpc) is 3.56. The zero-order valence-corrected chi connectivity index (χ0v) is 27.4. The second-order valence-corrected chi connectivity index (χ2v) is 12.6. The van der Waals surface area contributed by atoms with Crippen molar-refractivity contribution in [1.82, 2.24) is 9.13 Å². The molecule has 9 rings (SSSR count). The number of rotatable bonds is 4. The number of hydrogen-bond acceptors (Lipinski definition) is 3. The number of hydrogen-bond donors (Lipinski definition) is 0. The third-order valence-corrected chi connectivity index (χ3v) is 9.91. The molecule has 5 nitrogen and oxygen atoms in total. The van der Waals surface area contributed by atoms with Gasteiger partial charge in [0.2, 0.25) is 0 Å². The number of nitrogens with zero attached hydrogens (tertiary/aromatic N) is 5. The number of aromatic nitrogens is 2. The van der Waals surface area contributed by atoms with Crippen LogP contribution in [0.4, 0.5) is 0 Å². The minimum Gasteiger partial charge on any atom is -0.310 e. The van der Waals surface area contributed by atoms with E-state index < -0.39 is 0 Å². The van der Waals surface area contributed by atoms with Crippen molar-refractivity contribution in [3.8, 4) is 51.8 Å². The van der Waals surface area contributed by atoms with E-state index >= 15 is 0 Å². The number of benzene rings is 6. The van der Waals surface area contributed by atoms with Crippen LogP contribution in [-0.4, -0.2) is 9.13 Å². The van der Waals surface area contributed by atoms with Crippen molar-refractivity contribution < 1.29 is 0 Å². The van der Waals surface area contributed by atoms with E-state index in [-0.39, 0.29) is 0 Å². The molecular formula is C46H27N5. The first-order chi connectivity index (χ1) is 25.2. The van der Waals surface area contributed by atoms with Gasteiger partial charge in [0.25, 0.3) is 0 Å². The van der Waals surface area contributed by atoms with E-state index in [1.165, 1.54) is 10.9 Å². The smallest absolute Gasteiger partial charge is 0.0998 e. The van der Waals surface area contributed by atoms with Crippen molar-refractivity contribution in [2.75, 3.05) is 0 Å². The summed E-state index contributed by atoms with van der Waals surface area (Å²) < 4.78 is 4.50. The van der Waals surface area contributed by atoms with Crippen LogP contribution in [-0.2, 0) is 6.42 Å². The molecule has 0 saturated heterocycles. The molecule has 236 valence electrons. The van der Waals surface area contributed by atoms with Gasteiger partial charge in [-0.2, -0.15) is 15.8 Å². The molecule has 0 bridgehead atoms. The van der Waals surface area contributed by atoms with Gasteiger partial charge in [0.1, 0.15) is 0 Å². The standard InChI is InChI=1S/C46H27N5/c47-27-30-18-23-46-41(24-30)38-13-6-9-17-45(38)51(46)42-15-7-4-10-35(42)31-19-20-32(28-48)39(25-31)40-26-34(22-21-33(40)29-49)50-43-14-3-1-2-11-36(43)37-12-5-8-16-44(37)50/h1-10,12-26H,11H2. The van der Waals surface area contributed by atoms with Crippen LogP contribution in [0.5, 0.6) is 0 Å². The van der Waals surface area contributed by atoms with Crippen LogP contribution in [0.15, 0.2) is 146 Å². The maximum atomic E-state index is 10.4. The molecule has 0 spiro atoms. The Hall–Kier alpha value is -7.39.